The number of methoxy groups -OCH3 is 1. The van der Waals surface area contributed by atoms with Crippen molar-refractivity contribution in [2.24, 2.45) is 0 Å². The van der Waals surface area contributed by atoms with Crippen molar-refractivity contribution in [1.82, 2.24) is 14.8 Å². The topological polar surface area (TPSA) is 60.2 Å². The Hall–Kier alpha value is -1.88. The summed E-state index contributed by atoms with van der Waals surface area (Å²) < 4.78 is 6.99. The maximum absolute atomic E-state index is 10.6. The van der Waals surface area contributed by atoms with Gasteiger partial charge >= 0.3 is 0 Å². The van der Waals surface area contributed by atoms with Gasteiger partial charge < -0.3 is 9.84 Å². The van der Waals surface area contributed by atoms with E-state index >= 15 is 0 Å². The number of nitrogens with zero attached hydrogens (tertiary/aromatic N) is 3. The Balaban J connectivity index is 2.48. The molecule has 19 heavy (non-hydrogen) atoms. The predicted molar refractivity (Wildman–Crippen MR) is 72.2 cm³/mol. The molecule has 0 spiro atoms. The Morgan fingerprint density at radius 2 is 2.11 bits per heavy atom. The monoisotopic (exact) mass is 261 g/mol. The van der Waals surface area contributed by atoms with E-state index in [-0.39, 0.29) is 0 Å². The third-order valence-electron chi connectivity index (χ3n) is 3.14. The Bertz CT molecular complexity index is 557. The van der Waals surface area contributed by atoms with Crippen LogP contribution >= 0.6 is 0 Å². The van der Waals surface area contributed by atoms with Crippen molar-refractivity contribution in [3.63, 3.8) is 0 Å². The summed E-state index contributed by atoms with van der Waals surface area (Å²) in [5.74, 6) is 0.580. The summed E-state index contributed by atoms with van der Waals surface area (Å²) in [5, 5.41) is 14.8. The molecule has 0 amide bonds. The van der Waals surface area contributed by atoms with Crippen molar-refractivity contribution in [1.29, 1.82) is 0 Å². The first kappa shape index (κ1) is 13.5. The lowest BCUT2D eigenvalue weighted by Gasteiger charge is -2.16. The molecule has 0 saturated heterocycles. The molecule has 0 fully saturated rings. The van der Waals surface area contributed by atoms with E-state index in [0.29, 0.717) is 23.7 Å². The van der Waals surface area contributed by atoms with Gasteiger partial charge in [0.05, 0.1) is 19.0 Å². The lowest BCUT2D eigenvalue weighted by atomic mass is 10.1. The Labute approximate surface area is 112 Å². The lowest BCUT2D eigenvalue weighted by molar-refractivity contribution is 0.197. The molecule has 0 aliphatic heterocycles. The van der Waals surface area contributed by atoms with Gasteiger partial charge in [0, 0.05) is 12.7 Å². The highest BCUT2D eigenvalue weighted by Gasteiger charge is 2.23. The summed E-state index contributed by atoms with van der Waals surface area (Å²) in [5.41, 5.74) is 3.31. The number of aliphatic hydroxyl groups excluding tert-OH is 1. The molecule has 2 rings (SSSR count). The summed E-state index contributed by atoms with van der Waals surface area (Å²) >= 11 is 0. The fourth-order valence-electron chi connectivity index (χ4n) is 2.20. The number of ether oxygens (including phenoxy) is 1. The van der Waals surface area contributed by atoms with Crippen molar-refractivity contribution in [3.05, 3.63) is 41.0 Å². The van der Waals surface area contributed by atoms with Gasteiger partial charge in [-0.1, -0.05) is 6.07 Å². The second-order valence-corrected chi connectivity index (χ2v) is 4.53. The highest BCUT2D eigenvalue weighted by atomic mass is 16.5. The van der Waals surface area contributed by atoms with Gasteiger partial charge in [-0.25, -0.2) is 0 Å². The van der Waals surface area contributed by atoms with E-state index in [1.54, 1.807) is 24.2 Å². The van der Waals surface area contributed by atoms with Crippen LogP contribution in [0.25, 0.3) is 0 Å². The summed E-state index contributed by atoms with van der Waals surface area (Å²) in [7, 11) is 1.57. The molecule has 2 heterocycles. The molecule has 0 aliphatic rings. The minimum absolute atomic E-state index is 0.580. The molecule has 1 unspecified atom stereocenters. The third-order valence-corrected chi connectivity index (χ3v) is 3.14. The maximum Gasteiger partial charge on any atom is 0.163 e. The first-order chi connectivity index (χ1) is 9.08. The van der Waals surface area contributed by atoms with Crippen LogP contribution in [0, 0.1) is 13.8 Å². The average Bonchev–Trinajstić information content (AvgIpc) is 2.80. The highest BCUT2D eigenvalue weighted by Crippen LogP contribution is 2.30. The molecule has 1 atom stereocenters. The molecule has 2 aromatic heterocycles. The molecule has 5 heteroatoms. The Kier molecular flexibility index (Phi) is 3.85. The smallest absolute Gasteiger partial charge is 0.163 e. The van der Waals surface area contributed by atoms with E-state index in [1.165, 1.54) is 0 Å². The van der Waals surface area contributed by atoms with Crippen molar-refractivity contribution in [2.45, 2.75) is 33.4 Å². The number of hydrogen-bond acceptors (Lipinski definition) is 4. The second kappa shape index (κ2) is 5.40. The van der Waals surface area contributed by atoms with Crippen molar-refractivity contribution >= 4 is 0 Å². The van der Waals surface area contributed by atoms with Crippen LogP contribution in [-0.2, 0) is 6.54 Å². The standard InChI is InChI=1S/C14H19N3O2/c1-5-17-13(11(19-4)8-16-17)14(18)12-10(3)6-9(2)7-15-12/h6-8,14,18H,5H2,1-4H3. The van der Waals surface area contributed by atoms with Crippen molar-refractivity contribution in [3.8, 4) is 5.75 Å². The zero-order valence-electron chi connectivity index (χ0n) is 11.7. The average molecular weight is 261 g/mol. The zero-order chi connectivity index (χ0) is 14.0. The molecule has 0 bridgehead atoms. The summed E-state index contributed by atoms with van der Waals surface area (Å²) in [6.45, 7) is 6.56. The van der Waals surface area contributed by atoms with Crippen molar-refractivity contribution in [2.75, 3.05) is 7.11 Å². The highest BCUT2D eigenvalue weighted by molar-refractivity contribution is 5.36. The molecule has 0 saturated carbocycles. The SMILES string of the molecule is CCn1ncc(OC)c1C(O)c1ncc(C)cc1C. The Morgan fingerprint density at radius 3 is 2.68 bits per heavy atom. The van der Waals surface area contributed by atoms with Gasteiger partial charge in [-0.3, -0.25) is 9.67 Å². The zero-order valence-corrected chi connectivity index (χ0v) is 11.7. The van der Waals surface area contributed by atoms with Gasteiger partial charge in [0.2, 0.25) is 0 Å². The third kappa shape index (κ3) is 2.46. The number of aromatic nitrogens is 3. The quantitative estimate of drug-likeness (QED) is 0.914. The molecular weight excluding hydrogens is 242 g/mol. The van der Waals surface area contributed by atoms with Crippen LogP contribution in [0.5, 0.6) is 5.75 Å². The fourth-order valence-corrected chi connectivity index (χ4v) is 2.20. The van der Waals surface area contributed by atoms with E-state index in [2.05, 4.69) is 10.1 Å². The van der Waals surface area contributed by atoms with E-state index in [0.717, 1.165) is 11.1 Å². The van der Waals surface area contributed by atoms with Crippen LogP contribution in [0.4, 0.5) is 0 Å². The maximum atomic E-state index is 10.6. The molecule has 5 nitrogen and oxygen atoms in total. The van der Waals surface area contributed by atoms with Gasteiger partial charge in [-0.15, -0.1) is 0 Å². The van der Waals surface area contributed by atoms with Crippen LogP contribution in [0.15, 0.2) is 18.5 Å². The summed E-state index contributed by atoms with van der Waals surface area (Å²) in [6.07, 6.45) is 2.54. The minimum Gasteiger partial charge on any atom is -0.493 e. The summed E-state index contributed by atoms with van der Waals surface area (Å²) in [6, 6.07) is 2.00. The van der Waals surface area contributed by atoms with Crippen LogP contribution in [0.3, 0.4) is 0 Å². The van der Waals surface area contributed by atoms with Gasteiger partial charge in [0.25, 0.3) is 0 Å². The number of pyridine rings is 1. The molecule has 0 radical (unpaired) electrons. The van der Waals surface area contributed by atoms with Crippen LogP contribution < -0.4 is 4.74 Å². The van der Waals surface area contributed by atoms with Gasteiger partial charge in [0.1, 0.15) is 11.8 Å². The summed E-state index contributed by atoms with van der Waals surface area (Å²) in [4.78, 5) is 4.34. The number of rotatable bonds is 4. The molecule has 0 aromatic carbocycles. The van der Waals surface area contributed by atoms with E-state index in [4.69, 9.17) is 4.74 Å². The fraction of sp³-hybridized carbons (Fsp3) is 0.429. The molecule has 102 valence electrons. The van der Waals surface area contributed by atoms with Gasteiger partial charge in [-0.2, -0.15) is 5.10 Å². The van der Waals surface area contributed by atoms with Gasteiger partial charge in [-0.05, 0) is 31.9 Å². The first-order valence-electron chi connectivity index (χ1n) is 6.29. The first-order valence-corrected chi connectivity index (χ1v) is 6.29. The molecule has 2 aromatic rings. The van der Waals surface area contributed by atoms with E-state index in [9.17, 15) is 5.11 Å². The molecule has 0 aliphatic carbocycles. The lowest BCUT2D eigenvalue weighted by Crippen LogP contribution is -2.12. The van der Waals surface area contributed by atoms with E-state index in [1.807, 2.05) is 26.8 Å². The van der Waals surface area contributed by atoms with Crippen LogP contribution in [-0.4, -0.2) is 27.0 Å². The van der Waals surface area contributed by atoms with Crippen LogP contribution in [0.2, 0.25) is 0 Å². The number of aliphatic hydroxyl groups is 1. The normalized spacial score (nSPS) is 12.5. The molecular formula is C14H19N3O2. The minimum atomic E-state index is -0.835. The number of hydrogen-bond donors (Lipinski definition) is 1. The molecule has 1 N–H and O–H groups in total. The van der Waals surface area contributed by atoms with Crippen molar-refractivity contribution < 1.29 is 9.84 Å². The number of aryl methyl sites for hydroxylation is 3. The second-order valence-electron chi connectivity index (χ2n) is 4.53. The largest absolute Gasteiger partial charge is 0.493 e. The predicted octanol–water partition coefficient (Wildman–Crippen LogP) is 2.01. The van der Waals surface area contributed by atoms with Gasteiger partial charge in [0.15, 0.2) is 5.75 Å². The van der Waals surface area contributed by atoms with E-state index < -0.39 is 6.10 Å². The Morgan fingerprint density at radius 1 is 1.37 bits per heavy atom. The van der Waals surface area contributed by atoms with Crippen LogP contribution in [0.1, 0.15) is 35.5 Å².